The molecule has 0 unspecified atom stereocenters. The Balaban J connectivity index is 1.31. The molecule has 1 aliphatic carbocycles. The Bertz CT molecular complexity index is 2220. The van der Waals surface area contributed by atoms with Gasteiger partial charge in [0, 0.05) is 39.5 Å². The first kappa shape index (κ1) is 49.9. The molecule has 3 aromatic carbocycles. The molecule has 17 heteroatoms. The van der Waals surface area contributed by atoms with Crippen molar-refractivity contribution < 1.29 is 33.6 Å². The number of amides is 7. The van der Waals surface area contributed by atoms with Gasteiger partial charge in [-0.25, -0.2) is 0 Å². The van der Waals surface area contributed by atoms with E-state index in [0.29, 0.717) is 32.1 Å². The minimum absolute atomic E-state index is 0.0321. The zero-order valence-electron chi connectivity index (χ0n) is 38.6. The Kier molecular flexibility index (Phi) is 18.5. The number of carbonyl (C=O) groups excluding carboxylic acids is 7. The maximum atomic E-state index is 14.7. The average molecular weight is 921 g/mol. The summed E-state index contributed by atoms with van der Waals surface area (Å²) < 4.78 is 0. The van der Waals surface area contributed by atoms with E-state index in [9.17, 15) is 33.6 Å². The second-order valence-electron chi connectivity index (χ2n) is 18.3. The van der Waals surface area contributed by atoms with Gasteiger partial charge in [-0.15, -0.1) is 0 Å². The van der Waals surface area contributed by atoms with Crippen LogP contribution < -0.4 is 43.0 Å². The van der Waals surface area contributed by atoms with Crippen molar-refractivity contribution in [2.45, 2.75) is 127 Å². The van der Waals surface area contributed by atoms with E-state index in [1.807, 2.05) is 72.8 Å². The van der Waals surface area contributed by atoms with Crippen molar-refractivity contribution in [2.75, 3.05) is 26.2 Å². The normalized spacial score (nSPS) is 23.0. The van der Waals surface area contributed by atoms with Crippen LogP contribution in [0.25, 0.3) is 10.8 Å². The van der Waals surface area contributed by atoms with Gasteiger partial charge in [0.25, 0.3) is 0 Å². The number of guanidine groups is 1. The fraction of sp³-hybridized carbons (Fsp3) is 0.520. The van der Waals surface area contributed by atoms with E-state index in [1.165, 1.54) is 11.8 Å². The van der Waals surface area contributed by atoms with Crippen molar-refractivity contribution >= 4 is 58.1 Å². The van der Waals surface area contributed by atoms with Crippen molar-refractivity contribution in [3.8, 4) is 0 Å². The summed E-state index contributed by atoms with van der Waals surface area (Å²) in [6.07, 6.45) is 7.35. The molecule has 2 aliphatic heterocycles. The smallest absolute Gasteiger partial charge is 0.245 e. The number of nitrogens with one attached hydrogen (secondary N) is 8. The van der Waals surface area contributed by atoms with Crippen molar-refractivity contribution in [1.29, 1.82) is 5.41 Å². The summed E-state index contributed by atoms with van der Waals surface area (Å²) in [6.45, 7) is 2.01. The van der Waals surface area contributed by atoms with E-state index >= 15 is 0 Å². The highest BCUT2D eigenvalue weighted by Crippen LogP contribution is 2.28. The molecule has 0 spiro atoms. The maximum absolute atomic E-state index is 14.7. The molecule has 17 nitrogen and oxygen atoms in total. The number of nitrogens with two attached hydrogens (primary N) is 1. The number of hydrogen-bond donors (Lipinski definition) is 9. The van der Waals surface area contributed by atoms with E-state index in [4.69, 9.17) is 11.1 Å². The van der Waals surface area contributed by atoms with Crippen LogP contribution in [0.1, 0.15) is 95.1 Å². The predicted molar refractivity (Wildman–Crippen MR) is 255 cm³/mol. The van der Waals surface area contributed by atoms with Crippen LogP contribution in [0.4, 0.5) is 0 Å². The van der Waals surface area contributed by atoms with Crippen molar-refractivity contribution in [3.63, 3.8) is 0 Å². The summed E-state index contributed by atoms with van der Waals surface area (Å²) in [5.41, 5.74) is 7.16. The molecular weight excluding hydrogens is 853 g/mol. The Morgan fingerprint density at radius 3 is 2.19 bits per heavy atom. The minimum Gasteiger partial charge on any atom is -0.370 e. The molecule has 7 amide bonds. The quantitative estimate of drug-likeness (QED) is 0.0653. The first-order chi connectivity index (χ1) is 32.3. The standard InChI is InChI=1S/C50H68N10O7/c1-32(61)55-31-38(27-33-13-4-2-5-14-33)44(62)57-40-20-11-24-53-45(63)39(19-10-25-54-50(51)52)56-46(64)42(30-35-22-23-36-17-8-9-18-37(36)28-35)58-47(65)41(29-34-15-6-3-7-16-34)59-48(66)43-21-12-26-60(43)49(40)67/h2,4-5,8-9,13-14,17-18,22-23,28,34,38-43H,3,6-7,10-12,15-16,19-21,24-27,29-31H2,1H3,(H,53,63)(H,55,61)(H,56,64)(H,57,62)(H,58,65)(H,59,66)(H4,51,52,54)/t38-,39+,40+,41-,42+,43+/m1/s1. The monoisotopic (exact) mass is 921 g/mol. The number of hydrogen-bond acceptors (Lipinski definition) is 8. The summed E-state index contributed by atoms with van der Waals surface area (Å²) in [6, 6.07) is 17.8. The van der Waals surface area contributed by atoms with E-state index in [1.54, 1.807) is 0 Å². The third kappa shape index (κ3) is 15.0. The molecule has 10 N–H and O–H groups in total. The molecule has 0 bridgehead atoms. The molecule has 3 aliphatic rings. The Hall–Kier alpha value is -6.52. The molecule has 6 rings (SSSR count). The number of fused-ring (bicyclic) bond motifs is 2. The second kappa shape index (κ2) is 24.8. The first-order valence-corrected chi connectivity index (χ1v) is 24.0. The van der Waals surface area contributed by atoms with Crippen LogP contribution in [0.3, 0.4) is 0 Å². The lowest BCUT2D eigenvalue weighted by Gasteiger charge is -2.32. The molecule has 2 heterocycles. The molecule has 0 aromatic heterocycles. The lowest BCUT2D eigenvalue weighted by atomic mass is 9.84. The summed E-state index contributed by atoms with van der Waals surface area (Å²) in [7, 11) is 0. The van der Waals surface area contributed by atoms with E-state index < -0.39 is 71.6 Å². The van der Waals surface area contributed by atoms with Crippen LogP contribution in [-0.4, -0.2) is 109 Å². The summed E-state index contributed by atoms with van der Waals surface area (Å²) in [5, 5.41) is 29.8. The van der Waals surface area contributed by atoms with Crippen LogP contribution in [0, 0.1) is 17.2 Å². The number of nitrogens with zero attached hydrogens (tertiary/aromatic N) is 1. The zero-order chi connectivity index (χ0) is 47.7. The fourth-order valence-electron chi connectivity index (χ4n) is 9.52. The van der Waals surface area contributed by atoms with Gasteiger partial charge in [0.15, 0.2) is 5.96 Å². The SMILES string of the molecule is CC(=O)NC[C@@H](Cc1ccccc1)C(=O)N[C@H]1CCCNC(=O)[C@H](CCCNC(=N)N)NC(=O)[C@H](Cc2ccc3ccccc3c2)NC(=O)[C@@H](CC2CCCCC2)NC(=O)[C@@H]2CCCN2C1=O. The highest BCUT2D eigenvalue weighted by atomic mass is 16.2. The number of carbonyl (C=O) groups is 7. The van der Waals surface area contributed by atoms with Gasteiger partial charge in [0.2, 0.25) is 41.4 Å². The van der Waals surface area contributed by atoms with Crippen LogP contribution >= 0.6 is 0 Å². The molecule has 0 radical (unpaired) electrons. The molecule has 67 heavy (non-hydrogen) atoms. The maximum Gasteiger partial charge on any atom is 0.245 e. The highest BCUT2D eigenvalue weighted by molar-refractivity contribution is 5.97. The van der Waals surface area contributed by atoms with E-state index in [2.05, 4.69) is 37.2 Å². The van der Waals surface area contributed by atoms with Crippen LogP contribution in [0.5, 0.6) is 0 Å². The average Bonchev–Trinajstić information content (AvgIpc) is 3.82. The van der Waals surface area contributed by atoms with Gasteiger partial charge in [-0.05, 0) is 79.2 Å². The Morgan fingerprint density at radius 2 is 1.45 bits per heavy atom. The highest BCUT2D eigenvalue weighted by Gasteiger charge is 2.40. The van der Waals surface area contributed by atoms with Gasteiger partial charge in [0.05, 0.1) is 5.92 Å². The van der Waals surface area contributed by atoms with Gasteiger partial charge < -0.3 is 47.9 Å². The second-order valence-corrected chi connectivity index (χ2v) is 18.3. The van der Waals surface area contributed by atoms with Gasteiger partial charge in [0.1, 0.15) is 30.2 Å². The summed E-state index contributed by atoms with van der Waals surface area (Å²) in [4.78, 5) is 99.9. The molecule has 3 fully saturated rings. The lowest BCUT2D eigenvalue weighted by molar-refractivity contribution is -0.143. The molecule has 2 saturated heterocycles. The molecule has 360 valence electrons. The largest absolute Gasteiger partial charge is 0.370 e. The van der Waals surface area contributed by atoms with Crippen LogP contribution in [-0.2, 0) is 46.4 Å². The third-order valence-electron chi connectivity index (χ3n) is 13.1. The van der Waals surface area contributed by atoms with Crippen LogP contribution in [0.15, 0.2) is 72.8 Å². The molecular formula is C50H68N10O7. The third-order valence-corrected chi connectivity index (χ3v) is 13.1. The van der Waals surface area contributed by atoms with E-state index in [0.717, 1.165) is 54.0 Å². The van der Waals surface area contributed by atoms with E-state index in [-0.39, 0.29) is 69.6 Å². The van der Waals surface area contributed by atoms with Gasteiger partial charge in [-0.1, -0.05) is 105 Å². The zero-order valence-corrected chi connectivity index (χ0v) is 38.6. The molecule has 3 aromatic rings. The van der Waals surface area contributed by atoms with Gasteiger partial charge in [-0.2, -0.15) is 0 Å². The van der Waals surface area contributed by atoms with Crippen molar-refractivity contribution in [3.05, 3.63) is 83.9 Å². The number of rotatable bonds is 14. The first-order valence-electron chi connectivity index (χ1n) is 24.0. The summed E-state index contributed by atoms with van der Waals surface area (Å²) >= 11 is 0. The van der Waals surface area contributed by atoms with Crippen molar-refractivity contribution in [1.82, 2.24) is 42.1 Å². The fourth-order valence-corrected chi connectivity index (χ4v) is 9.52. The van der Waals surface area contributed by atoms with Crippen molar-refractivity contribution in [2.24, 2.45) is 17.6 Å². The Morgan fingerprint density at radius 1 is 0.746 bits per heavy atom. The Labute approximate surface area is 392 Å². The minimum atomic E-state index is -1.13. The van der Waals surface area contributed by atoms with Crippen LogP contribution in [0.2, 0.25) is 0 Å². The van der Waals surface area contributed by atoms with Gasteiger partial charge >= 0.3 is 0 Å². The molecule has 1 saturated carbocycles. The summed E-state index contributed by atoms with van der Waals surface area (Å²) in [5.74, 6) is -4.12. The van der Waals surface area contributed by atoms with Gasteiger partial charge in [-0.3, -0.25) is 39.0 Å². The molecule has 6 atom stereocenters. The number of benzene rings is 3. The topological polar surface area (TPSA) is 257 Å². The predicted octanol–water partition coefficient (Wildman–Crippen LogP) is 2.45. The lowest BCUT2D eigenvalue weighted by Crippen LogP contribution is -2.60.